The molecule has 0 aliphatic heterocycles. The van der Waals surface area contributed by atoms with Crippen molar-refractivity contribution in [2.24, 2.45) is 0 Å². The van der Waals surface area contributed by atoms with Gasteiger partial charge in [-0.15, -0.1) is 0 Å². The predicted octanol–water partition coefficient (Wildman–Crippen LogP) is 4.21. The highest BCUT2D eigenvalue weighted by Gasteiger charge is 2.24. The van der Waals surface area contributed by atoms with Crippen LogP contribution in [0.1, 0.15) is 56.5 Å². The molecule has 2 aromatic rings. The van der Waals surface area contributed by atoms with Crippen molar-refractivity contribution >= 4 is 11.6 Å². The maximum atomic E-state index is 12.4. The molecular formula is C24H30O5. The number of aliphatic hydroxyl groups is 1. The van der Waals surface area contributed by atoms with E-state index in [0.29, 0.717) is 29.7 Å². The monoisotopic (exact) mass is 398 g/mol. The predicted molar refractivity (Wildman–Crippen MR) is 112 cm³/mol. The van der Waals surface area contributed by atoms with E-state index >= 15 is 0 Å². The van der Waals surface area contributed by atoms with E-state index in [1.807, 2.05) is 32.0 Å². The molecule has 2 unspecified atom stereocenters. The van der Waals surface area contributed by atoms with Gasteiger partial charge in [-0.3, -0.25) is 9.59 Å². The minimum Gasteiger partial charge on any atom is -0.486 e. The number of hydrogen-bond acceptors (Lipinski definition) is 5. The van der Waals surface area contributed by atoms with Gasteiger partial charge in [-0.2, -0.15) is 0 Å². The first-order valence-electron chi connectivity index (χ1n) is 9.92. The standard InChI is InChI=1S/C24H30O5/c1-5-22(29-17(2)15-24(3,4)27)21(25)16-28-20-13-11-19(12-14-20)23(26)18-9-7-6-8-10-18/h6-14,17,22,27H,5,15-16H2,1-4H3. The van der Waals surface area contributed by atoms with Gasteiger partial charge in [-0.1, -0.05) is 37.3 Å². The molecule has 0 saturated heterocycles. The lowest BCUT2D eigenvalue weighted by molar-refractivity contribution is -0.138. The molecule has 0 amide bonds. The van der Waals surface area contributed by atoms with E-state index in [2.05, 4.69) is 0 Å². The molecule has 0 spiro atoms. The first-order valence-corrected chi connectivity index (χ1v) is 9.92. The zero-order valence-corrected chi connectivity index (χ0v) is 17.6. The summed E-state index contributed by atoms with van der Waals surface area (Å²) in [7, 11) is 0. The summed E-state index contributed by atoms with van der Waals surface area (Å²) in [5.74, 6) is 0.301. The molecule has 0 aliphatic rings. The Morgan fingerprint density at radius 1 is 1.00 bits per heavy atom. The molecule has 0 fully saturated rings. The van der Waals surface area contributed by atoms with E-state index in [-0.39, 0.29) is 24.3 Å². The van der Waals surface area contributed by atoms with Gasteiger partial charge >= 0.3 is 0 Å². The average molecular weight is 398 g/mol. The number of ketones is 2. The molecule has 29 heavy (non-hydrogen) atoms. The summed E-state index contributed by atoms with van der Waals surface area (Å²) in [6.07, 6.45) is 0.149. The Morgan fingerprint density at radius 3 is 2.14 bits per heavy atom. The molecule has 0 aromatic heterocycles. The van der Waals surface area contributed by atoms with Gasteiger partial charge in [0.25, 0.3) is 0 Å². The number of rotatable bonds is 11. The topological polar surface area (TPSA) is 72.8 Å². The van der Waals surface area contributed by atoms with Crippen LogP contribution in [0.4, 0.5) is 0 Å². The summed E-state index contributed by atoms with van der Waals surface area (Å²) in [5.41, 5.74) is 0.334. The Balaban J connectivity index is 1.90. The average Bonchev–Trinajstić information content (AvgIpc) is 2.69. The number of carbonyl (C=O) groups excluding carboxylic acids is 2. The van der Waals surface area contributed by atoms with Crippen LogP contribution in [-0.4, -0.2) is 41.1 Å². The first-order chi connectivity index (χ1) is 13.7. The van der Waals surface area contributed by atoms with Crippen LogP contribution in [0, 0.1) is 0 Å². The number of ether oxygens (including phenoxy) is 2. The Hall–Kier alpha value is -2.50. The Bertz CT molecular complexity index is 790. The Morgan fingerprint density at radius 2 is 1.59 bits per heavy atom. The minimum atomic E-state index is -0.851. The quantitative estimate of drug-likeness (QED) is 0.574. The summed E-state index contributed by atoms with van der Waals surface area (Å²) < 4.78 is 11.4. The van der Waals surface area contributed by atoms with E-state index in [9.17, 15) is 14.7 Å². The van der Waals surface area contributed by atoms with Gasteiger partial charge in [-0.25, -0.2) is 0 Å². The van der Waals surface area contributed by atoms with Gasteiger partial charge < -0.3 is 14.6 Å². The smallest absolute Gasteiger partial charge is 0.198 e. The zero-order valence-electron chi connectivity index (χ0n) is 17.6. The Kier molecular flexibility index (Phi) is 8.11. The van der Waals surface area contributed by atoms with Gasteiger partial charge in [-0.05, 0) is 51.5 Å². The highest BCUT2D eigenvalue weighted by Crippen LogP contribution is 2.18. The second kappa shape index (κ2) is 10.3. The fourth-order valence-electron chi connectivity index (χ4n) is 3.14. The molecule has 5 nitrogen and oxygen atoms in total. The van der Waals surface area contributed by atoms with E-state index < -0.39 is 11.7 Å². The molecule has 2 rings (SSSR count). The molecule has 0 aliphatic carbocycles. The zero-order chi connectivity index (χ0) is 21.4. The second-order valence-corrected chi connectivity index (χ2v) is 7.83. The number of hydrogen-bond donors (Lipinski definition) is 1. The third-order valence-corrected chi connectivity index (χ3v) is 4.45. The highest BCUT2D eigenvalue weighted by atomic mass is 16.5. The van der Waals surface area contributed by atoms with Crippen LogP contribution in [0.25, 0.3) is 0 Å². The summed E-state index contributed by atoms with van der Waals surface area (Å²) in [5, 5.41) is 9.88. The maximum absolute atomic E-state index is 12.4. The SMILES string of the molecule is CCC(OC(C)CC(C)(C)O)C(=O)COc1ccc(C(=O)c2ccccc2)cc1. The molecule has 156 valence electrons. The minimum absolute atomic E-state index is 0.0616. The lowest BCUT2D eigenvalue weighted by Crippen LogP contribution is -2.34. The van der Waals surface area contributed by atoms with Crippen LogP contribution in [-0.2, 0) is 9.53 Å². The molecular weight excluding hydrogens is 368 g/mol. The summed E-state index contributed by atoms with van der Waals surface area (Å²) in [4.78, 5) is 24.9. The van der Waals surface area contributed by atoms with Gasteiger partial charge in [0.15, 0.2) is 11.6 Å². The van der Waals surface area contributed by atoms with Crippen molar-refractivity contribution in [2.45, 2.75) is 58.3 Å². The van der Waals surface area contributed by atoms with Crippen molar-refractivity contribution in [3.8, 4) is 5.75 Å². The van der Waals surface area contributed by atoms with E-state index in [0.717, 1.165) is 0 Å². The highest BCUT2D eigenvalue weighted by molar-refractivity contribution is 6.08. The number of Topliss-reactive ketones (excluding diaryl/α,β-unsaturated/α-hetero) is 1. The van der Waals surface area contributed by atoms with Crippen LogP contribution in [0.3, 0.4) is 0 Å². The number of benzene rings is 2. The fraction of sp³-hybridized carbons (Fsp3) is 0.417. The maximum Gasteiger partial charge on any atom is 0.198 e. The molecule has 5 heteroatoms. The van der Waals surface area contributed by atoms with Crippen LogP contribution < -0.4 is 4.74 Å². The van der Waals surface area contributed by atoms with E-state index in [1.54, 1.807) is 50.2 Å². The van der Waals surface area contributed by atoms with Gasteiger partial charge in [0.2, 0.25) is 0 Å². The van der Waals surface area contributed by atoms with Crippen LogP contribution in [0.15, 0.2) is 54.6 Å². The first kappa shape index (κ1) is 22.8. The summed E-state index contributed by atoms with van der Waals surface area (Å²) in [6.45, 7) is 7.04. The van der Waals surface area contributed by atoms with Crippen LogP contribution >= 0.6 is 0 Å². The molecule has 2 aromatic carbocycles. The van der Waals surface area contributed by atoms with Gasteiger partial charge in [0, 0.05) is 17.5 Å². The third kappa shape index (κ3) is 7.44. The van der Waals surface area contributed by atoms with Crippen molar-refractivity contribution in [1.82, 2.24) is 0 Å². The van der Waals surface area contributed by atoms with Crippen LogP contribution in [0.5, 0.6) is 5.75 Å². The summed E-state index contributed by atoms with van der Waals surface area (Å²) in [6, 6.07) is 15.8. The largest absolute Gasteiger partial charge is 0.486 e. The third-order valence-electron chi connectivity index (χ3n) is 4.45. The number of carbonyl (C=O) groups is 2. The van der Waals surface area contributed by atoms with E-state index in [4.69, 9.17) is 9.47 Å². The normalized spacial score (nSPS) is 13.6. The summed E-state index contributed by atoms with van der Waals surface area (Å²) >= 11 is 0. The molecule has 0 radical (unpaired) electrons. The molecule has 2 atom stereocenters. The second-order valence-electron chi connectivity index (χ2n) is 7.83. The van der Waals surface area contributed by atoms with Gasteiger partial charge in [0.1, 0.15) is 18.5 Å². The van der Waals surface area contributed by atoms with Gasteiger partial charge in [0.05, 0.1) is 11.7 Å². The molecule has 0 saturated carbocycles. The lowest BCUT2D eigenvalue weighted by Gasteiger charge is -2.25. The molecule has 0 heterocycles. The van der Waals surface area contributed by atoms with Crippen molar-refractivity contribution in [3.63, 3.8) is 0 Å². The fourth-order valence-corrected chi connectivity index (χ4v) is 3.14. The molecule has 1 N–H and O–H groups in total. The van der Waals surface area contributed by atoms with Crippen molar-refractivity contribution in [2.75, 3.05) is 6.61 Å². The van der Waals surface area contributed by atoms with E-state index in [1.165, 1.54) is 0 Å². The Labute approximate surface area is 172 Å². The van der Waals surface area contributed by atoms with Crippen molar-refractivity contribution in [1.29, 1.82) is 0 Å². The molecule has 0 bridgehead atoms. The van der Waals surface area contributed by atoms with Crippen molar-refractivity contribution in [3.05, 3.63) is 65.7 Å². The lowest BCUT2D eigenvalue weighted by atomic mass is 10.0. The van der Waals surface area contributed by atoms with Crippen molar-refractivity contribution < 1.29 is 24.2 Å². The van der Waals surface area contributed by atoms with Crippen LogP contribution in [0.2, 0.25) is 0 Å².